The first-order valence-corrected chi connectivity index (χ1v) is 8.45. The summed E-state index contributed by atoms with van der Waals surface area (Å²) in [6, 6.07) is 12.2. The number of amides is 2. The fourth-order valence-electron chi connectivity index (χ4n) is 2.82. The molecule has 0 aromatic heterocycles. The van der Waals surface area contributed by atoms with E-state index in [2.05, 4.69) is 35.3 Å². The molecule has 0 radical (unpaired) electrons. The maximum atomic E-state index is 12.2. The molecular formula is C18H26N4O. The molecule has 1 aromatic rings. The lowest BCUT2D eigenvalue weighted by Crippen LogP contribution is -2.56. The fourth-order valence-corrected chi connectivity index (χ4v) is 2.82. The van der Waals surface area contributed by atoms with E-state index >= 15 is 0 Å². The van der Waals surface area contributed by atoms with Gasteiger partial charge in [-0.3, -0.25) is 4.90 Å². The Kier molecular flexibility index (Phi) is 6.89. The monoisotopic (exact) mass is 314 g/mol. The Morgan fingerprint density at radius 3 is 2.78 bits per heavy atom. The molecule has 5 heteroatoms. The summed E-state index contributed by atoms with van der Waals surface area (Å²) in [6.07, 6.45) is 3.29. The van der Waals surface area contributed by atoms with Gasteiger partial charge in [0.25, 0.3) is 0 Å². The van der Waals surface area contributed by atoms with Crippen LogP contribution >= 0.6 is 0 Å². The van der Waals surface area contributed by atoms with Crippen molar-refractivity contribution < 1.29 is 4.79 Å². The average molecular weight is 314 g/mol. The molecule has 1 saturated heterocycles. The zero-order chi connectivity index (χ0) is 16.5. The molecule has 1 fully saturated rings. The highest BCUT2D eigenvalue weighted by Crippen LogP contribution is 2.14. The van der Waals surface area contributed by atoms with Gasteiger partial charge in [0.1, 0.15) is 6.04 Å². The Balaban J connectivity index is 1.84. The Hall–Kier alpha value is -2.06. The van der Waals surface area contributed by atoms with Gasteiger partial charge in [-0.15, -0.1) is 0 Å². The zero-order valence-corrected chi connectivity index (χ0v) is 13.9. The molecule has 5 nitrogen and oxygen atoms in total. The first-order valence-electron chi connectivity index (χ1n) is 8.45. The number of hydrogen-bond donors (Lipinski definition) is 1. The third-order valence-electron chi connectivity index (χ3n) is 4.21. The van der Waals surface area contributed by atoms with Crippen molar-refractivity contribution in [2.75, 3.05) is 26.2 Å². The second-order valence-electron chi connectivity index (χ2n) is 5.99. The molecular weight excluding hydrogens is 288 g/mol. The van der Waals surface area contributed by atoms with Crippen LogP contribution in [0, 0.1) is 11.3 Å². The summed E-state index contributed by atoms with van der Waals surface area (Å²) >= 11 is 0. The van der Waals surface area contributed by atoms with Crippen LogP contribution in [0.15, 0.2) is 30.3 Å². The predicted molar refractivity (Wildman–Crippen MR) is 90.7 cm³/mol. The molecule has 0 spiro atoms. The molecule has 124 valence electrons. The molecule has 1 aliphatic rings. The van der Waals surface area contributed by atoms with Crippen molar-refractivity contribution in [1.29, 1.82) is 5.26 Å². The lowest BCUT2D eigenvalue weighted by Gasteiger charge is -2.38. The van der Waals surface area contributed by atoms with E-state index in [1.807, 2.05) is 18.2 Å². The number of rotatable bonds is 6. The highest BCUT2D eigenvalue weighted by atomic mass is 16.2. The van der Waals surface area contributed by atoms with Crippen molar-refractivity contribution in [2.24, 2.45) is 0 Å². The van der Waals surface area contributed by atoms with Gasteiger partial charge in [-0.05, 0) is 12.0 Å². The first kappa shape index (κ1) is 17.3. The molecule has 23 heavy (non-hydrogen) atoms. The number of nitrogens with zero attached hydrogens (tertiary/aromatic N) is 3. The van der Waals surface area contributed by atoms with Crippen LogP contribution in [0.1, 0.15) is 31.7 Å². The van der Waals surface area contributed by atoms with Crippen molar-refractivity contribution in [3.63, 3.8) is 0 Å². The molecule has 0 unspecified atom stereocenters. The highest BCUT2D eigenvalue weighted by molar-refractivity contribution is 5.74. The van der Waals surface area contributed by atoms with Crippen LogP contribution in [0.25, 0.3) is 0 Å². The van der Waals surface area contributed by atoms with Crippen LogP contribution in [-0.2, 0) is 6.54 Å². The van der Waals surface area contributed by atoms with Gasteiger partial charge >= 0.3 is 6.03 Å². The zero-order valence-electron chi connectivity index (χ0n) is 13.9. The van der Waals surface area contributed by atoms with E-state index in [1.165, 1.54) is 5.56 Å². The highest BCUT2D eigenvalue weighted by Gasteiger charge is 2.29. The molecule has 2 rings (SSSR count). The van der Waals surface area contributed by atoms with Crippen molar-refractivity contribution in [3.05, 3.63) is 35.9 Å². The number of benzene rings is 1. The van der Waals surface area contributed by atoms with Gasteiger partial charge in [-0.2, -0.15) is 5.26 Å². The topological polar surface area (TPSA) is 59.4 Å². The summed E-state index contributed by atoms with van der Waals surface area (Å²) in [4.78, 5) is 16.1. The molecule has 0 aliphatic carbocycles. The van der Waals surface area contributed by atoms with Gasteiger partial charge < -0.3 is 10.2 Å². The molecule has 2 amide bonds. The number of nitrogens with one attached hydrogen (secondary N) is 1. The number of urea groups is 1. The second-order valence-corrected chi connectivity index (χ2v) is 5.99. The molecule has 1 aromatic carbocycles. The van der Waals surface area contributed by atoms with Crippen molar-refractivity contribution in [3.8, 4) is 6.07 Å². The van der Waals surface area contributed by atoms with Gasteiger partial charge in [0.15, 0.2) is 0 Å². The van der Waals surface area contributed by atoms with Gasteiger partial charge in [0.2, 0.25) is 0 Å². The lowest BCUT2D eigenvalue weighted by molar-refractivity contribution is 0.108. The first-order chi connectivity index (χ1) is 11.2. The van der Waals surface area contributed by atoms with Crippen molar-refractivity contribution in [1.82, 2.24) is 15.1 Å². The third kappa shape index (κ3) is 5.26. The van der Waals surface area contributed by atoms with Crippen molar-refractivity contribution in [2.45, 2.75) is 38.8 Å². The van der Waals surface area contributed by atoms with E-state index in [0.717, 1.165) is 32.4 Å². The van der Waals surface area contributed by atoms with Crippen LogP contribution in [0.3, 0.4) is 0 Å². The summed E-state index contributed by atoms with van der Waals surface area (Å²) in [7, 11) is 0. The number of hydrogen-bond acceptors (Lipinski definition) is 3. The van der Waals surface area contributed by atoms with Crippen LogP contribution in [0.2, 0.25) is 0 Å². The quantitative estimate of drug-likeness (QED) is 0.821. The fraction of sp³-hybridized carbons (Fsp3) is 0.556. The Bertz CT molecular complexity index is 526. The summed E-state index contributed by atoms with van der Waals surface area (Å²) in [6.45, 7) is 5.49. The maximum Gasteiger partial charge on any atom is 0.317 e. The largest absolute Gasteiger partial charge is 0.338 e. The predicted octanol–water partition coefficient (Wildman–Crippen LogP) is 2.60. The van der Waals surface area contributed by atoms with E-state index in [0.29, 0.717) is 19.6 Å². The minimum absolute atomic E-state index is 0.0410. The molecule has 1 atom stereocenters. The van der Waals surface area contributed by atoms with Crippen LogP contribution < -0.4 is 5.32 Å². The Morgan fingerprint density at radius 2 is 2.09 bits per heavy atom. The Morgan fingerprint density at radius 1 is 1.30 bits per heavy atom. The number of carbonyl (C=O) groups excluding carboxylic acids is 1. The van der Waals surface area contributed by atoms with E-state index in [4.69, 9.17) is 0 Å². The normalized spacial score (nSPS) is 18.4. The Labute approximate surface area is 138 Å². The smallest absolute Gasteiger partial charge is 0.317 e. The van der Waals surface area contributed by atoms with E-state index in [1.54, 1.807) is 4.90 Å². The summed E-state index contributed by atoms with van der Waals surface area (Å²) in [5, 5.41) is 12.4. The van der Waals surface area contributed by atoms with Gasteiger partial charge in [-0.1, -0.05) is 50.1 Å². The van der Waals surface area contributed by atoms with Gasteiger partial charge in [-0.25, -0.2) is 4.79 Å². The van der Waals surface area contributed by atoms with E-state index < -0.39 is 0 Å². The van der Waals surface area contributed by atoms with E-state index in [-0.39, 0.29) is 12.1 Å². The average Bonchev–Trinajstić information content (AvgIpc) is 2.59. The number of piperazine rings is 1. The maximum absolute atomic E-state index is 12.2. The summed E-state index contributed by atoms with van der Waals surface area (Å²) in [5.41, 5.74) is 1.20. The molecule has 0 bridgehead atoms. The van der Waals surface area contributed by atoms with Gasteiger partial charge in [0.05, 0.1) is 12.6 Å². The number of unbranched alkanes of at least 4 members (excludes halogenated alkanes) is 2. The second kappa shape index (κ2) is 9.16. The van der Waals surface area contributed by atoms with Crippen molar-refractivity contribution >= 4 is 6.03 Å². The standard InChI is InChI=1S/C18H26N4O/c1-2-3-7-10-20-18(23)22-12-11-21(17(13-19)15-22)14-16-8-5-4-6-9-16/h4-6,8-9,17H,2-3,7,10-12,14-15H2,1H3,(H,20,23)/t17-/m0/s1. The minimum Gasteiger partial charge on any atom is -0.338 e. The van der Waals surface area contributed by atoms with Crippen LogP contribution in [0.5, 0.6) is 0 Å². The molecule has 1 N–H and O–H groups in total. The molecule has 1 heterocycles. The van der Waals surface area contributed by atoms with Crippen LogP contribution in [-0.4, -0.2) is 48.1 Å². The number of nitriles is 1. The SMILES string of the molecule is CCCCCNC(=O)N1CCN(Cc2ccccc2)[C@@H](C#N)C1. The third-order valence-corrected chi connectivity index (χ3v) is 4.21. The summed E-state index contributed by atoms with van der Waals surface area (Å²) in [5.74, 6) is 0. The summed E-state index contributed by atoms with van der Waals surface area (Å²) < 4.78 is 0. The lowest BCUT2D eigenvalue weighted by atomic mass is 10.1. The molecule has 0 saturated carbocycles. The van der Waals surface area contributed by atoms with Gasteiger partial charge in [0, 0.05) is 26.2 Å². The molecule has 1 aliphatic heterocycles. The number of carbonyl (C=O) groups is 1. The van der Waals surface area contributed by atoms with Crippen LogP contribution in [0.4, 0.5) is 4.79 Å². The minimum atomic E-state index is -0.245. The van der Waals surface area contributed by atoms with E-state index in [9.17, 15) is 10.1 Å².